The molecule has 0 bridgehead atoms. The van der Waals surface area contributed by atoms with Crippen LogP contribution in [0.15, 0.2) is 36.4 Å². The Labute approximate surface area is 332 Å². The molecule has 0 amide bonds. The number of carbonyl (C=O) groups is 4. The predicted octanol–water partition coefficient (Wildman–Crippen LogP) is 8.08. The quantitative estimate of drug-likeness (QED) is 0.212. The molecule has 2 aromatic rings. The zero-order chi connectivity index (χ0) is 36.0. The first-order valence-corrected chi connectivity index (χ1v) is 23.6. The summed E-state index contributed by atoms with van der Waals surface area (Å²) in [6.45, 7) is 4.47. The van der Waals surface area contributed by atoms with Gasteiger partial charge < -0.3 is 9.47 Å². The number of hydrogen-bond donors (Lipinski definition) is 0. The predicted molar refractivity (Wildman–Crippen MR) is 203 cm³/mol. The molecule has 0 N–H and O–H groups in total. The topological polar surface area (TPSA) is 86.7 Å². The Morgan fingerprint density at radius 3 is 1.71 bits per heavy atom. The molecular weight excluding hydrogens is 962 g/mol. The monoisotopic (exact) mass is 1010 g/mol. The van der Waals surface area contributed by atoms with E-state index >= 15 is 0 Å². The van der Waals surface area contributed by atoms with Gasteiger partial charge in [-0.1, -0.05) is 33.7 Å². The number of aryl methyl sites for hydroxylation is 2. The van der Waals surface area contributed by atoms with Crippen LogP contribution in [0.4, 0.5) is 0 Å². The second-order valence-corrected chi connectivity index (χ2v) is 22.2. The number of esters is 2. The van der Waals surface area contributed by atoms with Crippen LogP contribution in [0.25, 0.3) is 0 Å². The van der Waals surface area contributed by atoms with Crippen LogP contribution in [0.5, 0.6) is 0 Å². The summed E-state index contributed by atoms with van der Waals surface area (Å²) in [5.74, 6) is 2.93. The SMILES string of the molecule is C[C@]12CC[C@@H]3c4ccc(I=C5C(=O)OC6(CCCC6)OC5=O)cc4CC[C@H]3[C@@H]1CCC2=O.C[C@]12CC[C@@H]3c4ccc([211At])cc4CC[C@H]3[C@@H]1CCC2=O. The molecule has 276 valence electrons. The van der Waals surface area contributed by atoms with E-state index in [0.717, 1.165) is 86.0 Å². The molecule has 1 spiro atoms. The second-order valence-electron chi connectivity index (χ2n) is 17.7. The molecule has 8 aliphatic rings. The van der Waals surface area contributed by atoms with Gasteiger partial charge in [0.25, 0.3) is 5.79 Å². The van der Waals surface area contributed by atoms with E-state index in [1.54, 1.807) is 35.8 Å². The molecule has 7 aliphatic carbocycles. The van der Waals surface area contributed by atoms with Crippen LogP contribution in [0.1, 0.15) is 138 Å². The van der Waals surface area contributed by atoms with Crippen molar-refractivity contribution in [2.75, 3.05) is 0 Å². The van der Waals surface area contributed by atoms with E-state index < -0.39 is 38.5 Å². The Kier molecular flexibility index (Phi) is 9.28. The first-order valence-electron chi connectivity index (χ1n) is 19.9. The van der Waals surface area contributed by atoms with Gasteiger partial charge in [-0.05, 0) is 86.0 Å². The van der Waals surface area contributed by atoms with E-state index in [4.69, 9.17) is 9.47 Å². The van der Waals surface area contributed by atoms with Gasteiger partial charge in [0.05, 0.1) is 0 Å². The molecule has 0 radical (unpaired) electrons. The fourth-order valence-corrected chi connectivity index (χ4v) is 15.5. The van der Waals surface area contributed by atoms with Gasteiger partial charge in [0.15, 0.2) is 3.51 Å². The van der Waals surface area contributed by atoms with Crippen molar-refractivity contribution >= 4 is 51.0 Å². The number of rotatable bonds is 1. The number of ether oxygens (including phenoxy) is 2. The van der Waals surface area contributed by atoms with Gasteiger partial charge >= 0.3 is 148 Å². The van der Waals surface area contributed by atoms with Crippen LogP contribution >= 0.6 is 20.7 Å². The maximum atomic E-state index is 12.6. The molecular formula is C44H50AtIO6. The number of fused-ring (bicyclic) bond motifs is 10. The van der Waals surface area contributed by atoms with Crippen LogP contribution in [0.2, 0.25) is 0 Å². The number of benzene rings is 2. The van der Waals surface area contributed by atoms with Crippen molar-refractivity contribution in [2.24, 2.45) is 34.5 Å². The molecule has 1 aliphatic heterocycles. The van der Waals surface area contributed by atoms with Gasteiger partial charge in [0.2, 0.25) is 0 Å². The molecule has 0 aromatic heterocycles. The third kappa shape index (κ3) is 5.88. The molecule has 6 nitrogen and oxygen atoms in total. The summed E-state index contributed by atoms with van der Waals surface area (Å²) >= 11 is 0.834. The average molecular weight is 1010 g/mol. The van der Waals surface area contributed by atoms with Crippen LogP contribution in [-0.4, -0.2) is 32.8 Å². The standard InChI is InChI=1S/C26H29IO5.C18H21AtO/c1-25-13-10-18-17-7-5-16(14-15(17)4-6-19(18)20(25)8-9-21(25)28)27-22-23(29)31-26(32-24(22)30)11-2-3-12-26;1-18-9-8-14-13-5-3-12(19)10-11(13)2-4-15(14)16(18)6-7-17(18)20/h5,7,14,18-20H,2-4,6,8-13H2,1H3;3,5,10,14-16H,2,4,6-9H2,1H3/t18-,19-,20+,25+;14-,15-,16+,18+/m11/s1/i;19+1. The number of halogens is 1. The summed E-state index contributed by atoms with van der Waals surface area (Å²) in [4.78, 5) is 50.1. The molecule has 1 heterocycles. The van der Waals surface area contributed by atoms with Gasteiger partial charge in [-0.3, -0.25) is 4.79 Å². The van der Waals surface area contributed by atoms with Crippen molar-refractivity contribution in [3.05, 3.63) is 62.2 Å². The van der Waals surface area contributed by atoms with E-state index in [9.17, 15) is 19.2 Å². The molecule has 8 heteroatoms. The van der Waals surface area contributed by atoms with Crippen LogP contribution in [0, 0.1) is 62.8 Å². The molecule has 0 unspecified atom stereocenters. The van der Waals surface area contributed by atoms with Crippen LogP contribution in [-0.2, 0) is 41.5 Å². The second kappa shape index (κ2) is 13.4. The molecule has 6 fully saturated rings. The van der Waals surface area contributed by atoms with Crippen LogP contribution < -0.4 is 3.27 Å². The molecule has 52 heavy (non-hydrogen) atoms. The Morgan fingerprint density at radius 2 is 1.15 bits per heavy atom. The summed E-state index contributed by atoms with van der Waals surface area (Å²) < 4.78 is 14.0. The molecule has 1 saturated heterocycles. The Balaban J connectivity index is 0.000000154. The number of ketones is 2. The summed E-state index contributed by atoms with van der Waals surface area (Å²) in [6.07, 6.45) is 16.0. The molecule has 2 aromatic carbocycles. The van der Waals surface area contributed by atoms with Gasteiger partial charge in [0.1, 0.15) is 5.78 Å². The molecule has 10 rings (SSSR count). The van der Waals surface area contributed by atoms with Gasteiger partial charge in [0, 0.05) is 28.2 Å². The Bertz CT molecular complexity index is 1870. The van der Waals surface area contributed by atoms with Gasteiger partial charge in [-0.25, -0.2) is 9.59 Å². The Morgan fingerprint density at radius 1 is 0.635 bits per heavy atom. The van der Waals surface area contributed by atoms with Crippen molar-refractivity contribution < 1.29 is 53.4 Å². The number of Topliss-reactive ketones (excluding diaryl/α,β-unsaturated/α-hetero) is 2. The van der Waals surface area contributed by atoms with Crippen molar-refractivity contribution in [1.82, 2.24) is 0 Å². The van der Waals surface area contributed by atoms with E-state index in [2.05, 4.69) is 50.2 Å². The normalized spacial score (nSPS) is 36.7. The van der Waals surface area contributed by atoms with E-state index in [1.165, 1.54) is 33.7 Å². The summed E-state index contributed by atoms with van der Waals surface area (Å²) in [5, 5.41) is 0. The maximum absolute atomic E-state index is 12.6. The first-order chi connectivity index (χ1) is 25.0. The van der Waals surface area contributed by atoms with Crippen molar-refractivity contribution in [3.8, 4) is 0 Å². The zero-order valence-electron chi connectivity index (χ0n) is 30.4. The zero-order valence-corrected chi connectivity index (χ0v) is 35.5. The Hall–Kier alpha value is -1.80. The fourth-order valence-electron chi connectivity index (χ4n) is 12.5. The summed E-state index contributed by atoms with van der Waals surface area (Å²) in [7, 11) is 0. The minimum atomic E-state index is -0.997. The average Bonchev–Trinajstić information content (AvgIpc) is 3.80. The van der Waals surface area contributed by atoms with E-state index in [1.807, 2.05) is 0 Å². The number of carbonyl (C=O) groups excluding carboxylic acids is 4. The van der Waals surface area contributed by atoms with Gasteiger partial charge in [-0.2, -0.15) is 0 Å². The van der Waals surface area contributed by atoms with Crippen molar-refractivity contribution in [3.63, 3.8) is 0 Å². The van der Waals surface area contributed by atoms with Gasteiger partial charge in [-0.15, -0.1) is 0 Å². The van der Waals surface area contributed by atoms with Crippen molar-refractivity contribution in [1.29, 1.82) is 0 Å². The summed E-state index contributed by atoms with van der Waals surface area (Å²) in [5.41, 5.74) is 5.92. The van der Waals surface area contributed by atoms with E-state index in [-0.39, 0.29) is 14.3 Å². The molecule has 8 atom stereocenters. The molecule has 5 saturated carbocycles. The summed E-state index contributed by atoms with van der Waals surface area (Å²) in [6, 6.07) is 13.7. The van der Waals surface area contributed by atoms with Crippen LogP contribution in [0.3, 0.4) is 0 Å². The third-order valence-electron chi connectivity index (χ3n) is 15.3. The first kappa shape index (κ1) is 35.9. The van der Waals surface area contributed by atoms with Crippen molar-refractivity contribution in [2.45, 2.75) is 134 Å². The van der Waals surface area contributed by atoms with E-state index in [0.29, 0.717) is 48.1 Å². The third-order valence-corrected chi connectivity index (χ3v) is 18.9. The number of hydrogen-bond acceptors (Lipinski definition) is 6. The fraction of sp³-hybridized carbons (Fsp3) is 0.614. The minimum absolute atomic E-state index is 0.0200.